The Morgan fingerprint density at radius 2 is 1.76 bits per heavy atom. The van der Waals surface area contributed by atoms with Gasteiger partial charge in [-0.25, -0.2) is 26.9 Å². The van der Waals surface area contributed by atoms with E-state index >= 15 is 0 Å². The Kier molecular flexibility index (Phi) is 6.80. The van der Waals surface area contributed by atoms with Gasteiger partial charge in [0.05, 0.1) is 30.2 Å². The average Bonchev–Trinajstić information content (AvgIpc) is 2.84. The van der Waals surface area contributed by atoms with Gasteiger partial charge in [-0.3, -0.25) is 9.78 Å². The molecule has 2 aromatic heterocycles. The molecule has 0 atom stereocenters. The van der Waals surface area contributed by atoms with Crippen LogP contribution >= 0.6 is 0 Å². The van der Waals surface area contributed by atoms with E-state index < -0.39 is 35.2 Å². The van der Waals surface area contributed by atoms with E-state index in [0.29, 0.717) is 13.2 Å². The quantitative estimate of drug-likeness (QED) is 0.412. The van der Waals surface area contributed by atoms with Crippen molar-refractivity contribution in [1.82, 2.24) is 9.97 Å². The highest BCUT2D eigenvalue weighted by Crippen LogP contribution is 2.44. The predicted molar refractivity (Wildman–Crippen MR) is 123 cm³/mol. The van der Waals surface area contributed by atoms with E-state index in [4.69, 9.17) is 9.47 Å². The number of pyridine rings is 2. The molecule has 1 saturated carbocycles. The highest BCUT2D eigenvalue weighted by molar-refractivity contribution is 6.06. The highest BCUT2D eigenvalue weighted by Gasteiger charge is 2.37. The van der Waals surface area contributed by atoms with Gasteiger partial charge in [0.15, 0.2) is 5.82 Å². The van der Waals surface area contributed by atoms with Crippen molar-refractivity contribution in [2.45, 2.75) is 43.6 Å². The van der Waals surface area contributed by atoms with Crippen LogP contribution in [0.4, 0.5) is 27.6 Å². The molecule has 5 rings (SSSR count). The van der Waals surface area contributed by atoms with Crippen LogP contribution in [0.2, 0.25) is 0 Å². The Balaban J connectivity index is 1.50. The summed E-state index contributed by atoms with van der Waals surface area (Å²) >= 11 is 0. The van der Waals surface area contributed by atoms with E-state index in [1.807, 2.05) is 0 Å². The molecule has 2 aliphatic rings. The minimum Gasteiger partial charge on any atom is -0.467 e. The van der Waals surface area contributed by atoms with Crippen molar-refractivity contribution >= 4 is 11.6 Å². The van der Waals surface area contributed by atoms with E-state index in [-0.39, 0.29) is 65.7 Å². The maximum Gasteiger partial charge on any atom is 0.257 e. The fourth-order valence-corrected chi connectivity index (χ4v) is 4.42. The Labute approximate surface area is 208 Å². The van der Waals surface area contributed by atoms with Crippen LogP contribution < -0.4 is 10.1 Å². The van der Waals surface area contributed by atoms with Gasteiger partial charge in [0.2, 0.25) is 5.92 Å². The highest BCUT2D eigenvalue weighted by atomic mass is 19.3. The second kappa shape index (κ2) is 10.0. The van der Waals surface area contributed by atoms with Crippen LogP contribution in [0, 0.1) is 17.5 Å². The Bertz CT molecular complexity index is 1320. The molecule has 37 heavy (non-hydrogen) atoms. The summed E-state index contributed by atoms with van der Waals surface area (Å²) in [5.74, 6) is -6.65. The van der Waals surface area contributed by atoms with E-state index in [1.165, 1.54) is 12.3 Å². The fourth-order valence-electron chi connectivity index (χ4n) is 4.42. The molecule has 1 aromatic carbocycles. The zero-order valence-electron chi connectivity index (χ0n) is 19.4. The summed E-state index contributed by atoms with van der Waals surface area (Å²) in [6, 6.07) is 5.21. The Morgan fingerprint density at radius 1 is 1.00 bits per heavy atom. The molecule has 0 unspecified atom stereocenters. The maximum atomic E-state index is 14.7. The number of rotatable bonds is 6. The topological polar surface area (TPSA) is 73.3 Å². The SMILES string of the molecule is O=C(Nc1c(-c2cc(F)ccc2F)ccnc1C1CCC(F)(F)CC1)c1cnc(OC2COC2)c(F)c1. The number of benzene rings is 1. The lowest BCUT2D eigenvalue weighted by atomic mass is 9.83. The number of carbonyl (C=O) groups is 1. The van der Waals surface area contributed by atoms with Gasteiger partial charge < -0.3 is 14.8 Å². The van der Waals surface area contributed by atoms with Gasteiger partial charge in [0, 0.05) is 42.3 Å². The lowest BCUT2D eigenvalue weighted by Gasteiger charge is -2.29. The molecule has 1 saturated heterocycles. The number of anilines is 1. The van der Waals surface area contributed by atoms with Crippen LogP contribution in [0.5, 0.6) is 5.88 Å². The van der Waals surface area contributed by atoms with Crippen molar-refractivity contribution in [3.8, 4) is 17.0 Å². The molecule has 1 N–H and O–H groups in total. The molecule has 194 valence electrons. The number of hydrogen-bond donors (Lipinski definition) is 1. The summed E-state index contributed by atoms with van der Waals surface area (Å²) in [5.41, 5.74) is 0.121. The summed E-state index contributed by atoms with van der Waals surface area (Å²) in [5, 5.41) is 2.62. The number of ether oxygens (including phenoxy) is 2. The molecule has 2 fully saturated rings. The number of amides is 1. The molecule has 1 aliphatic heterocycles. The fraction of sp³-hybridized carbons (Fsp3) is 0.346. The average molecular weight is 519 g/mol. The number of alkyl halides is 2. The first-order valence-corrected chi connectivity index (χ1v) is 11.7. The molecule has 0 bridgehead atoms. The molecule has 3 aromatic rings. The van der Waals surface area contributed by atoms with Crippen LogP contribution in [-0.4, -0.2) is 41.1 Å². The second-order valence-electron chi connectivity index (χ2n) is 9.12. The number of hydrogen-bond acceptors (Lipinski definition) is 5. The van der Waals surface area contributed by atoms with Crippen molar-refractivity contribution in [3.05, 3.63) is 71.4 Å². The molecule has 6 nitrogen and oxygen atoms in total. The standard InChI is InChI=1S/C26H22F5N3O3/c27-16-1-2-20(28)19(10-16)18-5-8-32-22(14-3-6-26(30,31)7-4-14)23(18)34-24(35)15-9-21(29)25(33-11-15)37-17-12-36-13-17/h1-2,5,8-11,14,17H,3-4,6-7,12-13H2,(H,34,35). The van der Waals surface area contributed by atoms with Crippen LogP contribution in [0.3, 0.4) is 0 Å². The van der Waals surface area contributed by atoms with Crippen molar-refractivity contribution in [3.63, 3.8) is 0 Å². The predicted octanol–water partition coefficient (Wildman–Crippen LogP) is 5.88. The van der Waals surface area contributed by atoms with Crippen LogP contribution in [0.25, 0.3) is 11.1 Å². The smallest absolute Gasteiger partial charge is 0.257 e. The molecule has 0 spiro atoms. The van der Waals surface area contributed by atoms with Gasteiger partial charge in [-0.15, -0.1) is 0 Å². The molecule has 0 radical (unpaired) electrons. The third-order valence-corrected chi connectivity index (χ3v) is 6.50. The van der Waals surface area contributed by atoms with Gasteiger partial charge in [0.1, 0.15) is 17.7 Å². The number of carbonyl (C=O) groups excluding carboxylic acids is 1. The molecule has 11 heteroatoms. The first-order valence-electron chi connectivity index (χ1n) is 11.7. The number of halogens is 5. The first-order chi connectivity index (χ1) is 17.7. The van der Waals surface area contributed by atoms with Gasteiger partial charge in [-0.05, 0) is 43.2 Å². The summed E-state index contributed by atoms with van der Waals surface area (Å²) in [7, 11) is 0. The van der Waals surface area contributed by atoms with Crippen molar-refractivity contribution in [1.29, 1.82) is 0 Å². The van der Waals surface area contributed by atoms with Gasteiger partial charge in [-0.2, -0.15) is 0 Å². The van der Waals surface area contributed by atoms with Crippen molar-refractivity contribution < 1.29 is 36.2 Å². The summed E-state index contributed by atoms with van der Waals surface area (Å²) in [4.78, 5) is 21.3. The Morgan fingerprint density at radius 3 is 2.43 bits per heavy atom. The van der Waals surface area contributed by atoms with E-state index in [0.717, 1.165) is 30.5 Å². The van der Waals surface area contributed by atoms with Gasteiger partial charge in [-0.1, -0.05) is 0 Å². The number of nitrogens with zero attached hydrogens (tertiary/aromatic N) is 2. The van der Waals surface area contributed by atoms with Crippen LogP contribution in [0.1, 0.15) is 47.7 Å². The van der Waals surface area contributed by atoms with E-state index in [9.17, 15) is 26.7 Å². The van der Waals surface area contributed by atoms with E-state index in [1.54, 1.807) is 0 Å². The van der Waals surface area contributed by atoms with Gasteiger partial charge >= 0.3 is 0 Å². The lowest BCUT2D eigenvalue weighted by Crippen LogP contribution is -2.39. The third-order valence-electron chi connectivity index (χ3n) is 6.50. The van der Waals surface area contributed by atoms with Crippen molar-refractivity contribution in [2.24, 2.45) is 0 Å². The minimum atomic E-state index is -2.80. The number of nitrogens with one attached hydrogen (secondary N) is 1. The molecular formula is C26H22F5N3O3. The molecule has 1 amide bonds. The second-order valence-corrected chi connectivity index (χ2v) is 9.12. The van der Waals surface area contributed by atoms with Gasteiger partial charge in [0.25, 0.3) is 11.8 Å². The summed E-state index contributed by atoms with van der Waals surface area (Å²) < 4.78 is 81.2. The first kappa shape index (κ1) is 25.1. The van der Waals surface area contributed by atoms with Crippen LogP contribution in [-0.2, 0) is 4.74 Å². The Hall–Kier alpha value is -3.60. The van der Waals surface area contributed by atoms with Crippen molar-refractivity contribution in [2.75, 3.05) is 18.5 Å². The molecule has 3 heterocycles. The largest absolute Gasteiger partial charge is 0.467 e. The van der Waals surface area contributed by atoms with E-state index in [2.05, 4.69) is 15.3 Å². The summed E-state index contributed by atoms with van der Waals surface area (Å²) in [6.07, 6.45) is 1.59. The number of aromatic nitrogens is 2. The zero-order valence-corrected chi connectivity index (χ0v) is 19.4. The monoisotopic (exact) mass is 519 g/mol. The zero-order chi connectivity index (χ0) is 26.2. The molecule has 1 aliphatic carbocycles. The minimum absolute atomic E-state index is 0.0413. The summed E-state index contributed by atoms with van der Waals surface area (Å²) in [6.45, 7) is 0.610. The maximum absolute atomic E-state index is 14.7. The van der Waals surface area contributed by atoms with Crippen LogP contribution in [0.15, 0.2) is 42.7 Å². The normalized spacial score (nSPS) is 17.8. The lowest BCUT2D eigenvalue weighted by molar-refractivity contribution is -0.0826. The molecular weight excluding hydrogens is 497 g/mol. The third kappa shape index (κ3) is 5.41.